The fourth-order valence-corrected chi connectivity index (χ4v) is 3.80. The van der Waals surface area contributed by atoms with Crippen molar-refractivity contribution < 1.29 is 22.8 Å². The minimum atomic E-state index is -4.40. The molecule has 0 unspecified atom stereocenters. The molecule has 2 amide bonds. The number of aromatic nitrogens is 1. The number of thioether (sulfide) groups is 1. The summed E-state index contributed by atoms with van der Waals surface area (Å²) in [6.45, 7) is 0.242. The monoisotopic (exact) mass is 402 g/mol. The molecule has 142 valence electrons. The summed E-state index contributed by atoms with van der Waals surface area (Å²) < 4.78 is 40.8. The number of halogens is 3. The number of hydrogen-bond acceptors (Lipinski definition) is 3. The molecule has 4 nitrogen and oxygen atoms in total. The van der Waals surface area contributed by atoms with Crippen LogP contribution in [0.25, 0.3) is 17.0 Å². The Morgan fingerprint density at radius 3 is 2.57 bits per heavy atom. The van der Waals surface area contributed by atoms with Gasteiger partial charge in [-0.3, -0.25) is 14.9 Å². The fourth-order valence-electron chi connectivity index (χ4n) is 3.13. The van der Waals surface area contributed by atoms with E-state index in [1.165, 1.54) is 6.07 Å². The van der Waals surface area contributed by atoms with Gasteiger partial charge in [0.15, 0.2) is 0 Å². The van der Waals surface area contributed by atoms with Crippen LogP contribution in [0.2, 0.25) is 0 Å². The van der Waals surface area contributed by atoms with Gasteiger partial charge in [-0.2, -0.15) is 13.2 Å². The van der Waals surface area contributed by atoms with Crippen LogP contribution in [0.5, 0.6) is 0 Å². The number of nitrogens with one attached hydrogen (secondary N) is 1. The molecule has 28 heavy (non-hydrogen) atoms. The summed E-state index contributed by atoms with van der Waals surface area (Å²) in [6.07, 6.45) is -1.01. The van der Waals surface area contributed by atoms with Crippen LogP contribution in [0.3, 0.4) is 0 Å². The third-order valence-electron chi connectivity index (χ3n) is 4.36. The molecular weight excluding hydrogens is 389 g/mol. The molecule has 0 bridgehead atoms. The second-order valence-electron chi connectivity index (χ2n) is 6.28. The molecule has 1 N–H and O–H groups in total. The highest BCUT2D eigenvalue weighted by Gasteiger charge is 2.30. The van der Waals surface area contributed by atoms with Gasteiger partial charge < -0.3 is 4.57 Å². The maximum atomic E-state index is 13.0. The zero-order chi connectivity index (χ0) is 19.9. The Hall–Kier alpha value is -3.00. The molecule has 8 heteroatoms. The van der Waals surface area contributed by atoms with Gasteiger partial charge in [0.05, 0.1) is 10.5 Å². The molecule has 4 rings (SSSR count). The van der Waals surface area contributed by atoms with Gasteiger partial charge in [0.1, 0.15) is 0 Å². The summed E-state index contributed by atoms with van der Waals surface area (Å²) in [6, 6.07) is 12.6. The number of carbonyl (C=O) groups is 2. The van der Waals surface area contributed by atoms with E-state index in [4.69, 9.17) is 0 Å². The van der Waals surface area contributed by atoms with E-state index in [0.717, 1.165) is 40.4 Å². The van der Waals surface area contributed by atoms with E-state index in [0.29, 0.717) is 5.56 Å². The summed E-state index contributed by atoms with van der Waals surface area (Å²) >= 11 is 0.822. The zero-order valence-corrected chi connectivity index (χ0v) is 15.1. The smallest absolute Gasteiger partial charge is 0.342 e. The molecule has 1 aliphatic rings. The molecule has 0 aliphatic carbocycles. The predicted octanol–water partition coefficient (Wildman–Crippen LogP) is 5.03. The predicted molar refractivity (Wildman–Crippen MR) is 102 cm³/mol. The SMILES string of the molecule is O=C1NC(=O)/C(=C/c2cn(Cc3cccc(C(F)(F)F)c3)c3ccccc23)S1. The number of rotatable bonds is 3. The van der Waals surface area contributed by atoms with E-state index in [1.54, 1.807) is 18.3 Å². The number of para-hydroxylation sites is 1. The van der Waals surface area contributed by atoms with E-state index >= 15 is 0 Å². The number of hydrogen-bond donors (Lipinski definition) is 1. The van der Waals surface area contributed by atoms with Gasteiger partial charge in [-0.25, -0.2) is 0 Å². The van der Waals surface area contributed by atoms with Crippen molar-refractivity contribution in [3.8, 4) is 0 Å². The lowest BCUT2D eigenvalue weighted by atomic mass is 10.1. The van der Waals surface area contributed by atoms with Crippen molar-refractivity contribution in [2.24, 2.45) is 0 Å². The second-order valence-corrected chi connectivity index (χ2v) is 7.29. The Morgan fingerprint density at radius 1 is 1.07 bits per heavy atom. The van der Waals surface area contributed by atoms with E-state index < -0.39 is 22.9 Å². The summed E-state index contributed by atoms with van der Waals surface area (Å²) in [5.41, 5.74) is 1.36. The van der Waals surface area contributed by atoms with Crippen molar-refractivity contribution in [2.75, 3.05) is 0 Å². The van der Waals surface area contributed by atoms with E-state index in [2.05, 4.69) is 5.32 Å². The van der Waals surface area contributed by atoms with Gasteiger partial charge in [0, 0.05) is 29.2 Å². The first-order valence-electron chi connectivity index (χ1n) is 8.30. The van der Waals surface area contributed by atoms with Gasteiger partial charge in [-0.1, -0.05) is 30.3 Å². The average Bonchev–Trinajstić information content (AvgIpc) is 3.15. The van der Waals surface area contributed by atoms with Crippen molar-refractivity contribution in [3.63, 3.8) is 0 Å². The lowest BCUT2D eigenvalue weighted by molar-refractivity contribution is -0.137. The lowest BCUT2D eigenvalue weighted by Crippen LogP contribution is -2.17. The maximum Gasteiger partial charge on any atom is 0.416 e. The van der Waals surface area contributed by atoms with Crippen LogP contribution in [0.4, 0.5) is 18.0 Å². The Kier molecular flexibility index (Phi) is 4.50. The van der Waals surface area contributed by atoms with E-state index in [1.807, 2.05) is 28.8 Å². The third kappa shape index (κ3) is 3.55. The summed E-state index contributed by atoms with van der Waals surface area (Å²) in [7, 11) is 0. The number of benzene rings is 2. The van der Waals surface area contributed by atoms with Gasteiger partial charge >= 0.3 is 6.18 Å². The Labute approximate surface area is 162 Å². The second kappa shape index (κ2) is 6.87. The molecule has 1 saturated heterocycles. The van der Waals surface area contributed by atoms with Gasteiger partial charge in [-0.15, -0.1) is 0 Å². The molecule has 0 atom stereocenters. The minimum Gasteiger partial charge on any atom is -0.342 e. The largest absolute Gasteiger partial charge is 0.416 e. The van der Waals surface area contributed by atoms with Gasteiger partial charge in [0.2, 0.25) is 0 Å². The fraction of sp³-hybridized carbons (Fsp3) is 0.100. The van der Waals surface area contributed by atoms with Crippen LogP contribution in [0.1, 0.15) is 16.7 Å². The van der Waals surface area contributed by atoms with Crippen molar-refractivity contribution in [1.29, 1.82) is 0 Å². The Morgan fingerprint density at radius 2 is 1.86 bits per heavy atom. The molecule has 2 aromatic carbocycles. The first kappa shape index (κ1) is 18.4. The molecule has 1 aromatic heterocycles. The molecular formula is C20H13F3N2O2S. The molecule has 0 spiro atoms. The number of nitrogens with zero attached hydrogens (tertiary/aromatic N) is 1. The standard InChI is InChI=1S/C20H13F3N2O2S/c21-20(22,23)14-5-3-4-12(8-14)10-25-11-13(15-6-1-2-7-16(15)25)9-17-18(26)24-19(27)28-17/h1-9,11H,10H2,(H,24,26,27)/b17-9-. The van der Waals surface area contributed by atoms with Crippen molar-refractivity contribution >= 4 is 39.9 Å². The van der Waals surface area contributed by atoms with E-state index in [9.17, 15) is 22.8 Å². The van der Waals surface area contributed by atoms with E-state index in [-0.39, 0.29) is 11.4 Å². The number of imide groups is 1. The maximum absolute atomic E-state index is 13.0. The Balaban J connectivity index is 1.74. The van der Waals surface area contributed by atoms with Crippen LogP contribution in [-0.4, -0.2) is 15.7 Å². The van der Waals surface area contributed by atoms with Gasteiger partial charge in [-0.05, 0) is 41.6 Å². The number of alkyl halides is 3. The van der Waals surface area contributed by atoms with Crippen molar-refractivity contribution in [1.82, 2.24) is 9.88 Å². The van der Waals surface area contributed by atoms with Gasteiger partial charge in [0.25, 0.3) is 11.1 Å². The normalized spacial score (nSPS) is 16.2. The summed E-state index contributed by atoms with van der Waals surface area (Å²) in [5, 5.41) is 2.62. The average molecular weight is 402 g/mol. The first-order valence-corrected chi connectivity index (χ1v) is 9.12. The molecule has 1 fully saturated rings. The molecule has 2 heterocycles. The third-order valence-corrected chi connectivity index (χ3v) is 5.17. The highest BCUT2D eigenvalue weighted by Crippen LogP contribution is 2.32. The quantitative estimate of drug-likeness (QED) is 0.625. The van der Waals surface area contributed by atoms with Crippen LogP contribution < -0.4 is 5.32 Å². The topological polar surface area (TPSA) is 51.1 Å². The number of carbonyl (C=O) groups excluding carboxylic acids is 2. The Bertz CT molecular complexity index is 1130. The zero-order valence-electron chi connectivity index (χ0n) is 14.3. The number of amides is 2. The van der Waals surface area contributed by atoms with Crippen molar-refractivity contribution in [2.45, 2.75) is 12.7 Å². The lowest BCUT2D eigenvalue weighted by Gasteiger charge is -2.10. The molecule has 0 radical (unpaired) electrons. The van der Waals surface area contributed by atoms with Crippen LogP contribution in [-0.2, 0) is 17.5 Å². The molecule has 3 aromatic rings. The van der Waals surface area contributed by atoms with Crippen LogP contribution in [0.15, 0.2) is 59.6 Å². The van der Waals surface area contributed by atoms with Crippen LogP contribution in [0, 0.1) is 0 Å². The summed E-state index contributed by atoms with van der Waals surface area (Å²) in [4.78, 5) is 23.5. The van der Waals surface area contributed by atoms with Crippen LogP contribution >= 0.6 is 11.8 Å². The first-order chi connectivity index (χ1) is 13.3. The number of fused-ring (bicyclic) bond motifs is 1. The molecule has 1 aliphatic heterocycles. The minimum absolute atomic E-state index is 0.242. The molecule has 0 saturated carbocycles. The highest BCUT2D eigenvalue weighted by molar-refractivity contribution is 8.18. The highest BCUT2D eigenvalue weighted by atomic mass is 32.2. The van der Waals surface area contributed by atoms with Crippen molar-refractivity contribution in [3.05, 3.63) is 76.3 Å². The summed E-state index contributed by atoms with van der Waals surface area (Å²) in [5.74, 6) is -0.454.